The normalized spacial score (nSPS) is 10.6. The number of benzene rings is 1. The van der Waals surface area contributed by atoms with E-state index in [0.717, 1.165) is 0 Å². The molecule has 0 atom stereocenters. The van der Waals surface area contributed by atoms with E-state index < -0.39 is 0 Å². The van der Waals surface area contributed by atoms with Crippen molar-refractivity contribution in [3.05, 3.63) is 51.4 Å². The molecule has 1 aromatic carbocycles. The van der Waals surface area contributed by atoms with Gasteiger partial charge < -0.3 is 15.4 Å². The number of carbonyl (C=O) groups excluding carboxylic acids is 3. The predicted molar refractivity (Wildman–Crippen MR) is 115 cm³/mol. The largest absolute Gasteiger partial charge is 0.466 e. The van der Waals surface area contributed by atoms with Gasteiger partial charge in [-0.3, -0.25) is 19.2 Å². The Morgan fingerprint density at radius 2 is 1.90 bits per heavy atom. The van der Waals surface area contributed by atoms with Gasteiger partial charge in [-0.15, -0.1) is 11.3 Å². The first-order chi connectivity index (χ1) is 15.0. The Morgan fingerprint density at radius 1 is 1.13 bits per heavy atom. The van der Waals surface area contributed by atoms with Crippen molar-refractivity contribution < 1.29 is 19.1 Å². The van der Waals surface area contributed by atoms with Crippen LogP contribution in [0, 0.1) is 0 Å². The monoisotopic (exact) mass is 443 g/mol. The summed E-state index contributed by atoms with van der Waals surface area (Å²) in [5, 5.41) is 14.8. The quantitative estimate of drug-likeness (QED) is 0.421. The molecule has 0 fully saturated rings. The van der Waals surface area contributed by atoms with Gasteiger partial charge in [0.2, 0.25) is 11.8 Å². The lowest BCUT2D eigenvalue weighted by Crippen LogP contribution is -2.29. The van der Waals surface area contributed by atoms with Gasteiger partial charge in [0.25, 0.3) is 5.56 Å². The molecule has 3 N–H and O–H groups in total. The van der Waals surface area contributed by atoms with Crippen LogP contribution in [0.4, 0.5) is 5.13 Å². The van der Waals surface area contributed by atoms with Gasteiger partial charge >= 0.3 is 5.97 Å². The van der Waals surface area contributed by atoms with E-state index in [4.69, 9.17) is 4.74 Å². The molecular formula is C20H21N5O5S. The van der Waals surface area contributed by atoms with Crippen molar-refractivity contribution in [2.24, 2.45) is 0 Å². The second-order valence-electron chi connectivity index (χ2n) is 6.50. The second kappa shape index (κ2) is 10.4. The van der Waals surface area contributed by atoms with Gasteiger partial charge in [0, 0.05) is 23.7 Å². The van der Waals surface area contributed by atoms with Crippen molar-refractivity contribution in [3.8, 4) is 0 Å². The molecule has 10 nitrogen and oxygen atoms in total. The first kappa shape index (κ1) is 22.1. The Morgan fingerprint density at radius 3 is 2.68 bits per heavy atom. The van der Waals surface area contributed by atoms with Crippen LogP contribution < -0.4 is 16.2 Å². The lowest BCUT2D eigenvalue weighted by atomic mass is 10.1. The highest BCUT2D eigenvalue weighted by atomic mass is 32.1. The van der Waals surface area contributed by atoms with E-state index in [1.807, 2.05) is 0 Å². The Kier molecular flexibility index (Phi) is 7.44. The molecule has 162 valence electrons. The van der Waals surface area contributed by atoms with Gasteiger partial charge in [-0.25, -0.2) is 10.1 Å². The number of nitrogens with one attached hydrogen (secondary N) is 3. The fourth-order valence-corrected chi connectivity index (χ4v) is 3.55. The first-order valence-electron chi connectivity index (χ1n) is 9.59. The summed E-state index contributed by atoms with van der Waals surface area (Å²) in [4.78, 5) is 51.7. The number of hydrogen-bond acceptors (Lipinski definition) is 8. The Bertz CT molecular complexity index is 1160. The van der Waals surface area contributed by atoms with Crippen LogP contribution in [-0.4, -0.2) is 46.1 Å². The van der Waals surface area contributed by atoms with E-state index >= 15 is 0 Å². The number of H-pyrrole nitrogens is 1. The number of esters is 1. The molecule has 0 radical (unpaired) electrons. The summed E-state index contributed by atoms with van der Waals surface area (Å²) < 4.78 is 4.86. The zero-order valence-corrected chi connectivity index (χ0v) is 17.6. The molecule has 2 aromatic heterocycles. The minimum Gasteiger partial charge on any atom is -0.466 e. The molecule has 0 saturated carbocycles. The van der Waals surface area contributed by atoms with Crippen molar-refractivity contribution in [2.45, 2.75) is 26.2 Å². The van der Waals surface area contributed by atoms with Gasteiger partial charge in [0.15, 0.2) is 5.13 Å². The summed E-state index contributed by atoms with van der Waals surface area (Å²) in [5.41, 5.74) is 0.658. The Hall–Kier alpha value is -3.60. The predicted octanol–water partition coefficient (Wildman–Crippen LogP) is 1.17. The summed E-state index contributed by atoms with van der Waals surface area (Å²) in [7, 11) is 0. The smallest absolute Gasteiger partial charge is 0.311 e. The van der Waals surface area contributed by atoms with Crippen molar-refractivity contribution >= 4 is 45.0 Å². The summed E-state index contributed by atoms with van der Waals surface area (Å²) >= 11 is 1.21. The van der Waals surface area contributed by atoms with E-state index in [9.17, 15) is 19.2 Å². The second-order valence-corrected chi connectivity index (χ2v) is 7.35. The van der Waals surface area contributed by atoms with Gasteiger partial charge in [-0.05, 0) is 13.0 Å². The zero-order chi connectivity index (χ0) is 22.2. The van der Waals surface area contributed by atoms with Gasteiger partial charge in [0.1, 0.15) is 0 Å². The van der Waals surface area contributed by atoms with Crippen LogP contribution in [0.15, 0.2) is 34.4 Å². The summed E-state index contributed by atoms with van der Waals surface area (Å²) in [6.07, 6.45) is 0.0741. The first-order valence-corrected chi connectivity index (χ1v) is 10.5. The minimum atomic E-state index is -0.377. The maximum absolute atomic E-state index is 12.2. The van der Waals surface area contributed by atoms with Crippen molar-refractivity contribution in [1.82, 2.24) is 20.5 Å². The van der Waals surface area contributed by atoms with Gasteiger partial charge in [0.05, 0.1) is 36.2 Å². The van der Waals surface area contributed by atoms with E-state index in [2.05, 4.69) is 25.8 Å². The van der Waals surface area contributed by atoms with E-state index in [1.165, 1.54) is 11.3 Å². The molecule has 3 rings (SSSR count). The number of thiazole rings is 1. The number of anilines is 1. The number of carbonyl (C=O) groups is 3. The van der Waals surface area contributed by atoms with Crippen LogP contribution in [0.3, 0.4) is 0 Å². The molecule has 0 unspecified atom stereocenters. The van der Waals surface area contributed by atoms with E-state index in [1.54, 1.807) is 36.6 Å². The molecule has 2 amide bonds. The Labute approximate surface area is 181 Å². The maximum atomic E-state index is 12.2. The third-order valence-electron chi connectivity index (χ3n) is 4.21. The fraction of sp³-hybridized carbons (Fsp3) is 0.300. The summed E-state index contributed by atoms with van der Waals surface area (Å²) in [5.74, 6) is -1.01. The molecule has 2 heterocycles. The number of ether oxygens (including phenoxy) is 1. The number of amides is 2. The number of aromatic amines is 1. The molecule has 0 spiro atoms. The highest BCUT2D eigenvalue weighted by Crippen LogP contribution is 2.16. The number of hydrogen-bond donors (Lipinski definition) is 3. The third kappa shape index (κ3) is 6.19. The van der Waals surface area contributed by atoms with E-state index in [-0.39, 0.29) is 49.2 Å². The molecule has 0 bridgehead atoms. The summed E-state index contributed by atoms with van der Waals surface area (Å²) in [6.45, 7) is 2.16. The molecule has 0 saturated heterocycles. The van der Waals surface area contributed by atoms with Crippen LogP contribution in [0.1, 0.15) is 24.7 Å². The van der Waals surface area contributed by atoms with Crippen LogP contribution in [0.5, 0.6) is 0 Å². The van der Waals surface area contributed by atoms with Gasteiger partial charge in [-0.2, -0.15) is 5.10 Å². The third-order valence-corrected chi connectivity index (χ3v) is 5.01. The van der Waals surface area contributed by atoms with Crippen LogP contribution in [0.2, 0.25) is 0 Å². The molecule has 0 aliphatic carbocycles. The molecular weight excluding hydrogens is 422 g/mol. The number of nitrogens with zero attached hydrogens (tertiary/aromatic N) is 2. The zero-order valence-electron chi connectivity index (χ0n) is 16.8. The van der Waals surface area contributed by atoms with Crippen molar-refractivity contribution in [3.63, 3.8) is 0 Å². The standard InChI is InChI=1S/C20H21N5O5S/c1-2-30-18(28)9-12-11-31-20(22-12)23-16(26)7-8-21-17(27)10-15-13-5-3-4-6-14(13)19(29)25-24-15/h3-6,11H,2,7-10H2,1H3,(H,21,27)(H,25,29)(H,22,23,26). The molecule has 0 aliphatic rings. The van der Waals surface area contributed by atoms with Crippen molar-refractivity contribution in [1.29, 1.82) is 0 Å². The van der Waals surface area contributed by atoms with Crippen LogP contribution in [-0.2, 0) is 32.0 Å². The van der Waals surface area contributed by atoms with Crippen LogP contribution >= 0.6 is 11.3 Å². The molecule has 11 heteroatoms. The number of rotatable bonds is 9. The maximum Gasteiger partial charge on any atom is 0.311 e. The highest BCUT2D eigenvalue weighted by Gasteiger charge is 2.13. The number of aromatic nitrogens is 3. The lowest BCUT2D eigenvalue weighted by molar-refractivity contribution is -0.142. The van der Waals surface area contributed by atoms with Gasteiger partial charge in [-0.1, -0.05) is 18.2 Å². The lowest BCUT2D eigenvalue weighted by Gasteiger charge is -2.07. The molecule has 31 heavy (non-hydrogen) atoms. The SMILES string of the molecule is CCOC(=O)Cc1csc(NC(=O)CCNC(=O)Cc2n[nH]c(=O)c3ccccc23)n1. The molecule has 0 aliphatic heterocycles. The summed E-state index contributed by atoms with van der Waals surface area (Å²) in [6, 6.07) is 6.91. The van der Waals surface area contributed by atoms with Crippen molar-refractivity contribution in [2.75, 3.05) is 18.5 Å². The van der Waals surface area contributed by atoms with E-state index in [0.29, 0.717) is 33.9 Å². The van der Waals surface area contributed by atoms with Crippen LogP contribution in [0.25, 0.3) is 10.8 Å². The Balaban J connectivity index is 1.45. The fourth-order valence-electron chi connectivity index (χ4n) is 2.82. The average Bonchev–Trinajstić information content (AvgIpc) is 3.17. The molecule has 3 aromatic rings. The topological polar surface area (TPSA) is 143 Å². The minimum absolute atomic E-state index is 0.0252. The number of fused-ring (bicyclic) bond motifs is 1. The highest BCUT2D eigenvalue weighted by molar-refractivity contribution is 7.13. The average molecular weight is 443 g/mol.